The van der Waals surface area contributed by atoms with E-state index in [0.29, 0.717) is 11.8 Å². The minimum atomic E-state index is -0.392. The molecule has 2 saturated heterocycles. The predicted molar refractivity (Wildman–Crippen MR) is 64.6 cm³/mol. The molecule has 0 radical (unpaired) electrons. The zero-order valence-corrected chi connectivity index (χ0v) is 11.0. The van der Waals surface area contributed by atoms with E-state index in [-0.39, 0.29) is 11.9 Å². The van der Waals surface area contributed by atoms with Gasteiger partial charge in [-0.1, -0.05) is 0 Å². The first-order chi connectivity index (χ1) is 7.97. The normalized spacial score (nSPS) is 33.9. The van der Waals surface area contributed by atoms with Crippen LogP contribution in [0.3, 0.4) is 0 Å². The van der Waals surface area contributed by atoms with Crippen LogP contribution < -0.4 is 5.32 Å². The van der Waals surface area contributed by atoms with Gasteiger partial charge in [0.15, 0.2) is 0 Å². The van der Waals surface area contributed by atoms with Gasteiger partial charge < -0.3 is 14.8 Å². The van der Waals surface area contributed by atoms with Crippen molar-refractivity contribution in [1.82, 2.24) is 5.32 Å². The van der Waals surface area contributed by atoms with Crippen LogP contribution in [0.1, 0.15) is 27.2 Å². The molecule has 2 fully saturated rings. The number of esters is 1. The lowest BCUT2D eigenvalue weighted by atomic mass is 9.83. The molecule has 0 amide bonds. The molecule has 0 saturated carbocycles. The van der Waals surface area contributed by atoms with Crippen molar-refractivity contribution >= 4 is 5.97 Å². The largest absolute Gasteiger partial charge is 0.460 e. The summed E-state index contributed by atoms with van der Waals surface area (Å²) < 4.78 is 10.9. The minimum Gasteiger partial charge on any atom is -0.460 e. The lowest BCUT2D eigenvalue weighted by Crippen LogP contribution is -2.34. The van der Waals surface area contributed by atoms with Crippen molar-refractivity contribution in [1.29, 1.82) is 0 Å². The van der Waals surface area contributed by atoms with Gasteiger partial charge in [0.1, 0.15) is 5.60 Å². The molecule has 0 aromatic heterocycles. The number of carbonyl (C=O) groups excluding carboxylic acids is 1. The number of hydrogen-bond acceptors (Lipinski definition) is 4. The fourth-order valence-electron chi connectivity index (χ4n) is 2.72. The van der Waals surface area contributed by atoms with Crippen LogP contribution in [0.5, 0.6) is 0 Å². The average molecular weight is 241 g/mol. The molecule has 0 spiro atoms. The van der Waals surface area contributed by atoms with E-state index < -0.39 is 5.60 Å². The molecule has 2 rings (SSSR count). The summed E-state index contributed by atoms with van der Waals surface area (Å²) in [6, 6.07) is 0. The van der Waals surface area contributed by atoms with Gasteiger partial charge in [-0.15, -0.1) is 0 Å². The monoisotopic (exact) mass is 241 g/mol. The molecule has 4 heteroatoms. The Labute approximate surface area is 103 Å². The molecule has 0 bridgehead atoms. The molecule has 4 nitrogen and oxygen atoms in total. The number of nitrogens with one attached hydrogen (secondary N) is 1. The Morgan fingerprint density at radius 2 is 2.12 bits per heavy atom. The topological polar surface area (TPSA) is 47.6 Å². The summed E-state index contributed by atoms with van der Waals surface area (Å²) in [4.78, 5) is 12.1. The van der Waals surface area contributed by atoms with Crippen LogP contribution in [0.25, 0.3) is 0 Å². The first-order valence-corrected chi connectivity index (χ1v) is 6.49. The third kappa shape index (κ3) is 3.19. The highest BCUT2D eigenvalue weighted by molar-refractivity contribution is 5.74. The van der Waals surface area contributed by atoms with E-state index in [9.17, 15) is 4.79 Å². The van der Waals surface area contributed by atoms with Crippen LogP contribution in [-0.4, -0.2) is 37.9 Å². The lowest BCUT2D eigenvalue weighted by Gasteiger charge is -2.26. The molecule has 0 aromatic carbocycles. The van der Waals surface area contributed by atoms with Crippen molar-refractivity contribution in [2.24, 2.45) is 17.8 Å². The van der Waals surface area contributed by atoms with E-state index in [1.54, 1.807) is 0 Å². The maximum Gasteiger partial charge on any atom is 0.311 e. The van der Waals surface area contributed by atoms with Gasteiger partial charge in [0.05, 0.1) is 5.92 Å². The standard InChI is InChI=1S/C13H23NO3/c1-13(2,3)17-12(15)11-7-14-6-10(11)9-4-5-16-8-9/h9-11,14H,4-8H2,1-3H3/t9?,10-,11+/m0/s1. The van der Waals surface area contributed by atoms with Crippen molar-refractivity contribution in [2.75, 3.05) is 26.3 Å². The summed E-state index contributed by atoms with van der Waals surface area (Å²) in [7, 11) is 0. The van der Waals surface area contributed by atoms with E-state index in [2.05, 4.69) is 5.32 Å². The molecular weight excluding hydrogens is 218 g/mol. The molecule has 1 N–H and O–H groups in total. The highest BCUT2D eigenvalue weighted by Gasteiger charge is 2.41. The van der Waals surface area contributed by atoms with Crippen LogP contribution in [0.4, 0.5) is 0 Å². The second-order valence-corrected chi connectivity index (χ2v) is 6.09. The average Bonchev–Trinajstić information content (AvgIpc) is 2.85. The Hall–Kier alpha value is -0.610. The number of ether oxygens (including phenoxy) is 2. The summed E-state index contributed by atoms with van der Waals surface area (Å²) in [6.07, 6.45) is 1.08. The molecule has 3 atom stereocenters. The second kappa shape index (κ2) is 4.94. The quantitative estimate of drug-likeness (QED) is 0.738. The van der Waals surface area contributed by atoms with Crippen LogP contribution in [0, 0.1) is 17.8 Å². The van der Waals surface area contributed by atoms with Gasteiger partial charge in [0.2, 0.25) is 0 Å². The van der Waals surface area contributed by atoms with Gasteiger partial charge in [0.25, 0.3) is 0 Å². The Bertz CT molecular complexity index is 279. The molecule has 2 aliphatic rings. The fourth-order valence-corrected chi connectivity index (χ4v) is 2.72. The van der Waals surface area contributed by atoms with Gasteiger partial charge in [-0.05, 0) is 45.6 Å². The first-order valence-electron chi connectivity index (χ1n) is 6.49. The maximum absolute atomic E-state index is 12.1. The smallest absolute Gasteiger partial charge is 0.311 e. The van der Waals surface area contributed by atoms with Crippen molar-refractivity contribution in [3.8, 4) is 0 Å². The molecule has 0 aromatic rings. The Kier molecular flexibility index (Phi) is 3.73. The summed E-state index contributed by atoms with van der Waals surface area (Å²) in [5, 5.41) is 3.31. The van der Waals surface area contributed by atoms with Gasteiger partial charge >= 0.3 is 5.97 Å². The van der Waals surface area contributed by atoms with Crippen molar-refractivity contribution in [3.63, 3.8) is 0 Å². The third-order valence-electron chi connectivity index (χ3n) is 3.54. The lowest BCUT2D eigenvalue weighted by molar-refractivity contribution is -0.161. The highest BCUT2D eigenvalue weighted by atomic mass is 16.6. The van der Waals surface area contributed by atoms with Gasteiger partial charge in [-0.25, -0.2) is 0 Å². The fraction of sp³-hybridized carbons (Fsp3) is 0.923. The Morgan fingerprint density at radius 3 is 2.71 bits per heavy atom. The van der Waals surface area contributed by atoms with Crippen molar-refractivity contribution in [3.05, 3.63) is 0 Å². The Balaban J connectivity index is 1.96. The van der Waals surface area contributed by atoms with Crippen molar-refractivity contribution in [2.45, 2.75) is 32.8 Å². The number of hydrogen-bond donors (Lipinski definition) is 1. The van der Waals surface area contributed by atoms with Crippen LogP contribution in [0.2, 0.25) is 0 Å². The van der Waals surface area contributed by atoms with Gasteiger partial charge in [0, 0.05) is 19.8 Å². The molecule has 1 unspecified atom stereocenters. The molecule has 2 aliphatic heterocycles. The zero-order valence-electron chi connectivity index (χ0n) is 11.0. The van der Waals surface area contributed by atoms with Crippen molar-refractivity contribution < 1.29 is 14.3 Å². The number of rotatable bonds is 2. The van der Waals surface area contributed by atoms with Crippen LogP contribution >= 0.6 is 0 Å². The van der Waals surface area contributed by atoms with Gasteiger partial charge in [-0.3, -0.25) is 4.79 Å². The zero-order chi connectivity index (χ0) is 12.5. The number of carbonyl (C=O) groups is 1. The van der Waals surface area contributed by atoms with E-state index >= 15 is 0 Å². The van der Waals surface area contributed by atoms with Crippen LogP contribution in [-0.2, 0) is 14.3 Å². The minimum absolute atomic E-state index is 0.000856. The van der Waals surface area contributed by atoms with E-state index in [1.165, 1.54) is 0 Å². The van der Waals surface area contributed by atoms with E-state index in [1.807, 2.05) is 20.8 Å². The third-order valence-corrected chi connectivity index (χ3v) is 3.54. The molecule has 98 valence electrons. The predicted octanol–water partition coefficient (Wildman–Crippen LogP) is 1.20. The summed E-state index contributed by atoms with van der Waals surface area (Å²) in [6.45, 7) is 9.05. The molecule has 17 heavy (non-hydrogen) atoms. The molecule has 2 heterocycles. The summed E-state index contributed by atoms with van der Waals surface area (Å²) in [5.74, 6) is 0.843. The SMILES string of the molecule is CC(C)(C)OC(=O)[C@@H]1CNC[C@H]1C1CCOC1. The Morgan fingerprint density at radius 1 is 1.35 bits per heavy atom. The van der Waals surface area contributed by atoms with E-state index in [4.69, 9.17) is 9.47 Å². The second-order valence-electron chi connectivity index (χ2n) is 6.09. The van der Waals surface area contributed by atoms with E-state index in [0.717, 1.165) is 32.7 Å². The molecular formula is C13H23NO3. The highest BCUT2D eigenvalue weighted by Crippen LogP contribution is 2.32. The summed E-state index contributed by atoms with van der Waals surface area (Å²) >= 11 is 0. The first kappa shape index (κ1) is 12.8. The van der Waals surface area contributed by atoms with Crippen LogP contribution in [0.15, 0.2) is 0 Å². The summed E-state index contributed by atoms with van der Waals surface area (Å²) in [5.41, 5.74) is -0.392. The maximum atomic E-state index is 12.1. The van der Waals surface area contributed by atoms with Gasteiger partial charge in [-0.2, -0.15) is 0 Å². The molecule has 0 aliphatic carbocycles.